The van der Waals surface area contributed by atoms with Gasteiger partial charge in [-0.15, -0.1) is 0 Å². The van der Waals surface area contributed by atoms with Gasteiger partial charge in [-0.2, -0.15) is 0 Å². The number of rotatable bonds is 5. The van der Waals surface area contributed by atoms with Gasteiger partial charge in [-0.05, 0) is 44.0 Å². The van der Waals surface area contributed by atoms with E-state index in [0.29, 0.717) is 46.7 Å². The molecule has 2 aromatic heterocycles. The van der Waals surface area contributed by atoms with Crippen molar-refractivity contribution >= 4 is 27.8 Å². The van der Waals surface area contributed by atoms with Crippen LogP contribution in [-0.2, 0) is 4.74 Å². The Hall–Kier alpha value is -2.42. The Morgan fingerprint density at radius 2 is 2.03 bits per heavy atom. The van der Waals surface area contributed by atoms with E-state index in [0.717, 1.165) is 16.5 Å². The fourth-order valence-corrected chi connectivity index (χ4v) is 4.42. The van der Waals surface area contributed by atoms with E-state index >= 15 is 0 Å². The number of aromatic nitrogens is 1. The number of hydrogen-bond donors (Lipinski definition) is 1. The summed E-state index contributed by atoms with van der Waals surface area (Å²) in [5.74, 6) is -0.489. The maximum Gasteiger partial charge on any atom is 1.00 e. The van der Waals surface area contributed by atoms with Gasteiger partial charge in [0.2, 0.25) is 0 Å². The van der Waals surface area contributed by atoms with Gasteiger partial charge in [-0.3, -0.25) is 0 Å². The fraction of sp³-hybridized carbons (Fsp3) is 0.308. The van der Waals surface area contributed by atoms with Gasteiger partial charge in [0.1, 0.15) is 17.0 Å². The van der Waals surface area contributed by atoms with Crippen molar-refractivity contribution in [2.75, 3.05) is 19.8 Å². The zero-order chi connectivity index (χ0) is 23.1. The molecule has 1 aliphatic rings. The van der Waals surface area contributed by atoms with Crippen molar-refractivity contribution in [1.29, 1.82) is 0 Å². The number of ether oxygens (including phenoxy) is 2. The molecule has 5 rings (SSSR count). The van der Waals surface area contributed by atoms with Crippen LogP contribution in [0.1, 0.15) is 27.9 Å². The standard InChI is InChI=1S/C26H25NO6.Na/c1-14-7-8-22(32-12-16-9-10-31-13-20(16)28)23-18(26(29)30)11-19(27-24(14)23)25-15(2)17-5-3-4-6-21(17)33-25;/h3-8,11,16,20,28H,9-10,12-13H2,1-2H3,(H,29,30);/q;+1/p-1/t16-,20+;/m0./s1. The van der Waals surface area contributed by atoms with Gasteiger partial charge in [0, 0.05) is 29.0 Å². The molecular formula is C26H24NNaO6. The Bertz CT molecular complexity index is 1360. The number of carboxylic acid groups (broad SMARTS) is 1. The van der Waals surface area contributed by atoms with E-state index in [2.05, 4.69) is 0 Å². The predicted molar refractivity (Wildman–Crippen MR) is 121 cm³/mol. The van der Waals surface area contributed by atoms with Crippen molar-refractivity contribution in [3.63, 3.8) is 0 Å². The molecule has 2 aromatic carbocycles. The number of aliphatic hydroxyl groups is 1. The summed E-state index contributed by atoms with van der Waals surface area (Å²) in [6.45, 7) is 4.88. The first-order valence-corrected chi connectivity index (χ1v) is 11.0. The number of carboxylic acids is 1. The molecule has 0 radical (unpaired) electrons. The molecule has 7 nitrogen and oxygen atoms in total. The van der Waals surface area contributed by atoms with Crippen molar-refractivity contribution in [3.05, 3.63) is 59.2 Å². The minimum atomic E-state index is -1.32. The smallest absolute Gasteiger partial charge is 0.545 e. The number of pyridine rings is 1. The Morgan fingerprint density at radius 3 is 2.76 bits per heavy atom. The largest absolute Gasteiger partial charge is 1.00 e. The third-order valence-electron chi connectivity index (χ3n) is 6.34. The second kappa shape index (κ2) is 10.1. The summed E-state index contributed by atoms with van der Waals surface area (Å²) in [7, 11) is 0. The SMILES string of the molecule is Cc1c(-c2cc(C(=O)[O-])c3c(OC[C@@H]4CCOC[C@H]4O)ccc(C)c3n2)oc2ccccc12.[Na+]. The molecule has 3 heterocycles. The first-order valence-electron chi connectivity index (χ1n) is 11.0. The monoisotopic (exact) mass is 469 g/mol. The maximum absolute atomic E-state index is 12.2. The van der Waals surface area contributed by atoms with Crippen LogP contribution in [0.5, 0.6) is 5.75 Å². The number of furan rings is 1. The van der Waals surface area contributed by atoms with E-state index < -0.39 is 12.1 Å². The molecule has 0 aliphatic carbocycles. The minimum absolute atomic E-state index is 0. The van der Waals surface area contributed by atoms with Crippen LogP contribution in [0.4, 0.5) is 0 Å². The number of carbonyl (C=O) groups excluding carboxylic acids is 1. The molecule has 0 bridgehead atoms. The normalized spacial score (nSPS) is 18.1. The van der Waals surface area contributed by atoms with Crippen LogP contribution in [0.3, 0.4) is 0 Å². The second-order valence-corrected chi connectivity index (χ2v) is 8.50. The molecule has 0 amide bonds. The van der Waals surface area contributed by atoms with Gasteiger partial charge in [0.15, 0.2) is 5.76 Å². The van der Waals surface area contributed by atoms with Crippen LogP contribution in [0.2, 0.25) is 0 Å². The summed E-state index contributed by atoms with van der Waals surface area (Å²) in [6, 6.07) is 12.7. The molecular weight excluding hydrogens is 445 g/mol. The third kappa shape index (κ3) is 4.46. The molecule has 170 valence electrons. The molecule has 2 atom stereocenters. The number of nitrogens with zero attached hydrogens (tertiary/aromatic N) is 1. The van der Waals surface area contributed by atoms with Crippen LogP contribution >= 0.6 is 0 Å². The number of benzene rings is 2. The molecule has 4 aromatic rings. The van der Waals surface area contributed by atoms with E-state index in [1.807, 2.05) is 44.2 Å². The molecule has 1 saturated heterocycles. The average Bonchev–Trinajstić information content (AvgIpc) is 3.15. The first-order chi connectivity index (χ1) is 15.9. The molecule has 1 aliphatic heterocycles. The van der Waals surface area contributed by atoms with E-state index in [1.165, 1.54) is 6.07 Å². The van der Waals surface area contributed by atoms with E-state index in [-0.39, 0.29) is 54.3 Å². The Kier molecular flexibility index (Phi) is 7.31. The zero-order valence-electron chi connectivity index (χ0n) is 19.5. The van der Waals surface area contributed by atoms with Crippen molar-refractivity contribution in [2.45, 2.75) is 26.4 Å². The third-order valence-corrected chi connectivity index (χ3v) is 6.34. The predicted octanol–water partition coefficient (Wildman–Crippen LogP) is 0.409. The Morgan fingerprint density at radius 1 is 1.24 bits per heavy atom. The summed E-state index contributed by atoms with van der Waals surface area (Å²) in [5.41, 5.74) is 3.33. The summed E-state index contributed by atoms with van der Waals surface area (Å²) in [6.07, 6.45) is 0.0586. The Balaban J connectivity index is 0.00000274. The molecule has 0 unspecified atom stereocenters. The number of aromatic carboxylic acids is 1. The van der Waals surface area contributed by atoms with Gasteiger partial charge in [0.25, 0.3) is 0 Å². The van der Waals surface area contributed by atoms with Crippen LogP contribution < -0.4 is 39.4 Å². The van der Waals surface area contributed by atoms with Crippen molar-refractivity contribution in [3.8, 4) is 17.2 Å². The van der Waals surface area contributed by atoms with Crippen molar-refractivity contribution in [2.24, 2.45) is 5.92 Å². The molecule has 8 heteroatoms. The van der Waals surface area contributed by atoms with Gasteiger partial charge in [-0.25, -0.2) is 4.98 Å². The zero-order valence-corrected chi connectivity index (χ0v) is 21.5. The fourth-order valence-electron chi connectivity index (χ4n) is 4.42. The van der Waals surface area contributed by atoms with Gasteiger partial charge >= 0.3 is 29.6 Å². The number of aliphatic hydroxyl groups excluding tert-OH is 1. The van der Waals surface area contributed by atoms with Crippen LogP contribution in [-0.4, -0.2) is 42.0 Å². The minimum Gasteiger partial charge on any atom is -0.545 e. The van der Waals surface area contributed by atoms with Gasteiger partial charge < -0.3 is 28.9 Å². The van der Waals surface area contributed by atoms with Crippen molar-refractivity contribution in [1.82, 2.24) is 4.98 Å². The van der Waals surface area contributed by atoms with Crippen molar-refractivity contribution < 1.29 is 58.5 Å². The summed E-state index contributed by atoms with van der Waals surface area (Å²) in [5, 5.41) is 23.7. The quantitative estimate of drug-likeness (QED) is 0.422. The molecule has 1 fully saturated rings. The molecule has 0 saturated carbocycles. The molecule has 34 heavy (non-hydrogen) atoms. The van der Waals surface area contributed by atoms with Gasteiger partial charge in [-0.1, -0.05) is 24.3 Å². The van der Waals surface area contributed by atoms with E-state index in [1.54, 1.807) is 6.07 Å². The number of para-hydroxylation sites is 1. The van der Waals surface area contributed by atoms with E-state index in [9.17, 15) is 15.0 Å². The average molecular weight is 469 g/mol. The summed E-state index contributed by atoms with van der Waals surface area (Å²) >= 11 is 0. The molecule has 0 spiro atoms. The van der Waals surface area contributed by atoms with E-state index in [4.69, 9.17) is 18.9 Å². The second-order valence-electron chi connectivity index (χ2n) is 8.50. The number of fused-ring (bicyclic) bond motifs is 2. The van der Waals surface area contributed by atoms with Gasteiger partial charge in [0.05, 0.1) is 36.2 Å². The summed E-state index contributed by atoms with van der Waals surface area (Å²) < 4.78 is 17.3. The van der Waals surface area contributed by atoms with Crippen LogP contribution in [0.15, 0.2) is 46.9 Å². The maximum atomic E-state index is 12.2. The number of carbonyl (C=O) groups is 1. The number of hydrogen-bond acceptors (Lipinski definition) is 7. The molecule has 1 N–H and O–H groups in total. The van der Waals surface area contributed by atoms with Crippen LogP contribution in [0.25, 0.3) is 33.3 Å². The topological polar surface area (TPSA) is 105 Å². The number of aryl methyl sites for hydroxylation is 2. The first kappa shape index (κ1) is 24.7. The Labute approximate surface area is 219 Å². The van der Waals surface area contributed by atoms with Crippen LogP contribution in [0, 0.1) is 19.8 Å². The summed E-state index contributed by atoms with van der Waals surface area (Å²) in [4.78, 5) is 17.0.